The number of aromatic nitrogens is 1. The number of ketones is 1. The Morgan fingerprint density at radius 3 is 2.70 bits per heavy atom. The maximum Gasteiger partial charge on any atom is 0.249 e. The van der Waals surface area contributed by atoms with Crippen molar-refractivity contribution in [3.05, 3.63) is 23.5 Å². The lowest BCUT2D eigenvalue weighted by atomic mass is 9.76. The van der Waals surface area contributed by atoms with Gasteiger partial charge in [0.05, 0.1) is 0 Å². The van der Waals surface area contributed by atoms with Gasteiger partial charge in [-0.05, 0) is 24.3 Å². The second-order valence-electron chi connectivity index (χ2n) is 6.49. The molecule has 5 heteroatoms. The van der Waals surface area contributed by atoms with Gasteiger partial charge < -0.3 is 4.57 Å². The van der Waals surface area contributed by atoms with Crippen molar-refractivity contribution in [3.8, 4) is 0 Å². The van der Waals surface area contributed by atoms with Gasteiger partial charge in [-0.15, -0.1) is 0 Å². The van der Waals surface area contributed by atoms with Crippen LogP contribution in [-0.2, 0) is 16.0 Å². The van der Waals surface area contributed by atoms with Gasteiger partial charge >= 0.3 is 0 Å². The summed E-state index contributed by atoms with van der Waals surface area (Å²) in [5.74, 6) is -0.346. The van der Waals surface area contributed by atoms with E-state index in [1.807, 2.05) is 10.8 Å². The molecule has 20 heavy (non-hydrogen) atoms. The summed E-state index contributed by atoms with van der Waals surface area (Å²) >= 11 is 0. The van der Waals surface area contributed by atoms with Gasteiger partial charge in [-0.2, -0.15) is 0 Å². The molecule has 1 saturated heterocycles. The number of carbonyl (C=O) groups excluding carboxylic acids is 3. The zero-order valence-corrected chi connectivity index (χ0v) is 11.7. The number of imide groups is 1. The number of fused-ring (bicyclic) bond motifs is 1. The molecule has 1 fully saturated rings. The molecule has 0 spiro atoms. The van der Waals surface area contributed by atoms with Gasteiger partial charge in [0, 0.05) is 30.3 Å². The van der Waals surface area contributed by atoms with Crippen molar-refractivity contribution in [1.29, 1.82) is 0 Å². The molecule has 1 unspecified atom stereocenters. The summed E-state index contributed by atoms with van der Waals surface area (Å²) in [6.45, 7) is 4.13. The summed E-state index contributed by atoms with van der Waals surface area (Å²) in [6.07, 6.45) is 3.98. The van der Waals surface area contributed by atoms with Gasteiger partial charge in [0.25, 0.3) is 0 Å². The highest BCUT2D eigenvalue weighted by molar-refractivity contribution is 6.01. The van der Waals surface area contributed by atoms with Crippen LogP contribution in [0.4, 0.5) is 0 Å². The van der Waals surface area contributed by atoms with Crippen LogP contribution in [-0.4, -0.2) is 22.2 Å². The molecule has 5 nitrogen and oxygen atoms in total. The fraction of sp³-hybridized carbons (Fsp3) is 0.533. The molecule has 2 amide bonds. The summed E-state index contributed by atoms with van der Waals surface area (Å²) in [6, 6.07) is 1.43. The highest BCUT2D eigenvalue weighted by atomic mass is 16.2. The van der Waals surface area contributed by atoms with E-state index in [0.29, 0.717) is 19.3 Å². The predicted octanol–water partition coefficient (Wildman–Crippen LogP) is 1.62. The van der Waals surface area contributed by atoms with Gasteiger partial charge in [-0.25, -0.2) is 0 Å². The number of hydrogen-bond acceptors (Lipinski definition) is 3. The lowest BCUT2D eigenvalue weighted by Gasteiger charge is -2.32. The minimum atomic E-state index is -0.377. The molecule has 0 bridgehead atoms. The molecule has 106 valence electrons. The molecule has 1 atom stereocenters. The second kappa shape index (κ2) is 4.30. The average molecular weight is 274 g/mol. The summed E-state index contributed by atoms with van der Waals surface area (Å²) in [5.41, 5.74) is 1.58. The molecule has 1 N–H and O–H groups in total. The maximum atomic E-state index is 12.2. The van der Waals surface area contributed by atoms with Crippen LogP contribution in [0.2, 0.25) is 0 Å². The molecular weight excluding hydrogens is 256 g/mol. The number of hydrogen-bond donors (Lipinski definition) is 1. The first-order valence-electron chi connectivity index (χ1n) is 6.94. The molecule has 0 saturated carbocycles. The molecule has 1 aliphatic carbocycles. The molecule has 2 aliphatic rings. The van der Waals surface area contributed by atoms with Crippen LogP contribution in [0.5, 0.6) is 0 Å². The molecule has 1 aliphatic heterocycles. The zero-order valence-electron chi connectivity index (χ0n) is 11.7. The smallest absolute Gasteiger partial charge is 0.249 e. The predicted molar refractivity (Wildman–Crippen MR) is 72.3 cm³/mol. The molecule has 1 aromatic heterocycles. The van der Waals surface area contributed by atoms with E-state index in [1.54, 1.807) is 6.07 Å². The second-order valence-corrected chi connectivity index (χ2v) is 6.49. The largest absolute Gasteiger partial charge is 0.338 e. The van der Waals surface area contributed by atoms with E-state index in [-0.39, 0.29) is 29.1 Å². The molecule has 0 radical (unpaired) electrons. The van der Waals surface area contributed by atoms with E-state index < -0.39 is 0 Å². The van der Waals surface area contributed by atoms with Crippen molar-refractivity contribution in [2.24, 2.45) is 5.41 Å². The summed E-state index contributed by atoms with van der Waals surface area (Å²) in [7, 11) is 0. The highest BCUT2D eigenvalue weighted by Crippen LogP contribution is 2.37. The standard InChI is InChI=1S/C15H18N2O3/c1-15(2)7-11-9(12(18)8-15)5-6-17(11)10-3-4-13(19)16-14(10)20/h5-6,10H,3-4,7-8H2,1-2H3,(H,16,19,20). The van der Waals surface area contributed by atoms with Crippen LogP contribution in [0.15, 0.2) is 12.3 Å². The van der Waals surface area contributed by atoms with E-state index in [0.717, 1.165) is 17.7 Å². The summed E-state index contributed by atoms with van der Waals surface area (Å²) < 4.78 is 1.88. The Balaban J connectivity index is 1.99. The Labute approximate surface area is 117 Å². The lowest BCUT2D eigenvalue weighted by Crippen LogP contribution is -2.42. The Kier molecular flexibility index (Phi) is 2.81. The van der Waals surface area contributed by atoms with Crippen LogP contribution in [0, 0.1) is 5.41 Å². The van der Waals surface area contributed by atoms with Crippen LogP contribution in [0.25, 0.3) is 0 Å². The Morgan fingerprint density at radius 2 is 2.00 bits per heavy atom. The number of nitrogens with one attached hydrogen (secondary N) is 1. The van der Waals surface area contributed by atoms with Crippen LogP contribution in [0.1, 0.15) is 55.2 Å². The van der Waals surface area contributed by atoms with Gasteiger partial charge in [0.1, 0.15) is 6.04 Å². The molecule has 3 rings (SSSR count). The topological polar surface area (TPSA) is 68.2 Å². The number of Topliss-reactive ketones (excluding diaryl/α,β-unsaturated/α-hetero) is 1. The van der Waals surface area contributed by atoms with E-state index in [1.165, 1.54) is 0 Å². The Bertz CT molecular complexity index is 613. The average Bonchev–Trinajstić information content (AvgIpc) is 2.71. The fourth-order valence-electron chi connectivity index (χ4n) is 3.21. The van der Waals surface area contributed by atoms with Crippen LogP contribution < -0.4 is 5.32 Å². The quantitative estimate of drug-likeness (QED) is 0.791. The summed E-state index contributed by atoms with van der Waals surface area (Å²) in [5, 5.41) is 2.37. The van der Waals surface area contributed by atoms with Crippen LogP contribution >= 0.6 is 0 Å². The maximum absolute atomic E-state index is 12.2. The third-order valence-corrected chi connectivity index (χ3v) is 4.16. The van der Waals surface area contributed by atoms with E-state index >= 15 is 0 Å². The van der Waals surface area contributed by atoms with Gasteiger partial charge in [0.2, 0.25) is 11.8 Å². The number of nitrogens with zero attached hydrogens (tertiary/aromatic N) is 1. The Hall–Kier alpha value is -1.91. The molecular formula is C15H18N2O3. The first-order valence-corrected chi connectivity index (χ1v) is 6.94. The van der Waals surface area contributed by atoms with Crippen molar-refractivity contribution in [2.45, 2.75) is 45.6 Å². The SMILES string of the molecule is CC1(C)CC(=O)c2ccn(C3CCC(=O)NC3=O)c2C1. The third-order valence-electron chi connectivity index (χ3n) is 4.16. The molecule has 1 aromatic rings. The first-order chi connectivity index (χ1) is 9.37. The monoisotopic (exact) mass is 274 g/mol. The van der Waals surface area contributed by atoms with Crippen molar-refractivity contribution in [1.82, 2.24) is 9.88 Å². The van der Waals surface area contributed by atoms with Crippen molar-refractivity contribution in [3.63, 3.8) is 0 Å². The van der Waals surface area contributed by atoms with Crippen molar-refractivity contribution >= 4 is 17.6 Å². The fourth-order valence-corrected chi connectivity index (χ4v) is 3.21. The van der Waals surface area contributed by atoms with Crippen molar-refractivity contribution < 1.29 is 14.4 Å². The van der Waals surface area contributed by atoms with Gasteiger partial charge in [-0.1, -0.05) is 13.8 Å². The van der Waals surface area contributed by atoms with E-state index in [4.69, 9.17) is 0 Å². The summed E-state index contributed by atoms with van der Waals surface area (Å²) in [4.78, 5) is 35.4. The highest BCUT2D eigenvalue weighted by Gasteiger charge is 2.36. The van der Waals surface area contributed by atoms with E-state index in [2.05, 4.69) is 19.2 Å². The minimum Gasteiger partial charge on any atom is -0.338 e. The van der Waals surface area contributed by atoms with Crippen LogP contribution in [0.3, 0.4) is 0 Å². The number of piperidine rings is 1. The third kappa shape index (κ3) is 2.07. The van der Waals surface area contributed by atoms with E-state index in [9.17, 15) is 14.4 Å². The number of carbonyl (C=O) groups is 3. The molecule has 2 heterocycles. The Morgan fingerprint density at radius 1 is 1.25 bits per heavy atom. The zero-order chi connectivity index (χ0) is 14.5. The normalized spacial score (nSPS) is 25.3. The number of amides is 2. The van der Waals surface area contributed by atoms with Crippen molar-refractivity contribution in [2.75, 3.05) is 0 Å². The lowest BCUT2D eigenvalue weighted by molar-refractivity contribution is -0.135. The molecule has 0 aromatic carbocycles. The minimum absolute atomic E-state index is 0.0822. The number of rotatable bonds is 1. The van der Waals surface area contributed by atoms with Gasteiger partial charge in [-0.3, -0.25) is 19.7 Å². The van der Waals surface area contributed by atoms with Gasteiger partial charge in [0.15, 0.2) is 5.78 Å². The first kappa shape index (κ1) is 13.1.